The first-order valence-corrected chi connectivity index (χ1v) is 7.46. The summed E-state index contributed by atoms with van der Waals surface area (Å²) in [6.07, 6.45) is 0. The Balaban J connectivity index is 1.64. The Hall–Kier alpha value is -3.42. The maximum absolute atomic E-state index is 13.2. The highest BCUT2D eigenvalue weighted by atomic mass is 19.1. The van der Waals surface area contributed by atoms with Gasteiger partial charge in [-0.1, -0.05) is 12.1 Å². The number of carbonyl (C=O) groups is 2. The molecule has 1 amide bonds. The Kier molecular flexibility index (Phi) is 4.60. The number of hydrogen-bond acceptors (Lipinski definition) is 5. The molecule has 0 saturated heterocycles. The van der Waals surface area contributed by atoms with E-state index in [2.05, 4.69) is 20.7 Å². The minimum absolute atomic E-state index is 0.0467. The number of halogens is 1. The van der Waals surface area contributed by atoms with Gasteiger partial charge in [0.05, 0.1) is 0 Å². The van der Waals surface area contributed by atoms with Gasteiger partial charge in [0.2, 0.25) is 11.7 Å². The predicted molar refractivity (Wildman–Crippen MR) is 88.3 cm³/mol. The van der Waals surface area contributed by atoms with Gasteiger partial charge in [-0.2, -0.15) is 4.80 Å². The Morgan fingerprint density at radius 2 is 1.92 bits per heavy atom. The van der Waals surface area contributed by atoms with Crippen LogP contribution >= 0.6 is 0 Å². The van der Waals surface area contributed by atoms with Crippen molar-refractivity contribution in [1.29, 1.82) is 0 Å². The SMILES string of the molecule is CC(=O)c1ccc(NC(=O)Cn2nnc(-c3cccc(F)c3)n2)cc1. The average Bonchev–Trinajstić information content (AvgIpc) is 3.03. The lowest BCUT2D eigenvalue weighted by Crippen LogP contribution is -2.20. The lowest BCUT2D eigenvalue weighted by Gasteiger charge is -2.05. The zero-order valence-electron chi connectivity index (χ0n) is 13.3. The molecule has 0 bridgehead atoms. The molecule has 3 aromatic rings. The van der Waals surface area contributed by atoms with E-state index in [1.807, 2.05) is 0 Å². The van der Waals surface area contributed by atoms with E-state index in [0.717, 1.165) is 4.80 Å². The maximum Gasteiger partial charge on any atom is 0.248 e. The van der Waals surface area contributed by atoms with Crippen LogP contribution in [0.5, 0.6) is 0 Å². The summed E-state index contributed by atoms with van der Waals surface area (Å²) in [5.74, 6) is -0.563. The van der Waals surface area contributed by atoms with Crippen LogP contribution in [0.15, 0.2) is 48.5 Å². The lowest BCUT2D eigenvalue weighted by atomic mass is 10.1. The highest BCUT2D eigenvalue weighted by Gasteiger charge is 2.10. The number of carbonyl (C=O) groups excluding carboxylic acids is 2. The fourth-order valence-corrected chi connectivity index (χ4v) is 2.17. The molecule has 2 aromatic carbocycles. The van der Waals surface area contributed by atoms with Gasteiger partial charge < -0.3 is 5.32 Å². The van der Waals surface area contributed by atoms with Crippen LogP contribution < -0.4 is 5.32 Å². The van der Waals surface area contributed by atoms with E-state index in [4.69, 9.17) is 0 Å². The summed E-state index contributed by atoms with van der Waals surface area (Å²) >= 11 is 0. The molecule has 1 N–H and O–H groups in total. The fourth-order valence-electron chi connectivity index (χ4n) is 2.17. The van der Waals surface area contributed by atoms with E-state index in [9.17, 15) is 14.0 Å². The summed E-state index contributed by atoms with van der Waals surface area (Å²) in [6.45, 7) is 1.33. The first kappa shape index (κ1) is 16.4. The quantitative estimate of drug-likeness (QED) is 0.721. The zero-order valence-corrected chi connectivity index (χ0v) is 13.3. The van der Waals surface area contributed by atoms with E-state index in [0.29, 0.717) is 16.8 Å². The van der Waals surface area contributed by atoms with Gasteiger partial charge in [0.25, 0.3) is 0 Å². The predicted octanol–water partition coefficient (Wildman–Crippen LogP) is 2.32. The van der Waals surface area contributed by atoms with E-state index in [-0.39, 0.29) is 24.1 Å². The van der Waals surface area contributed by atoms with Crippen molar-refractivity contribution in [2.75, 3.05) is 5.32 Å². The molecule has 0 atom stereocenters. The van der Waals surface area contributed by atoms with Crippen molar-refractivity contribution >= 4 is 17.4 Å². The zero-order chi connectivity index (χ0) is 17.8. The lowest BCUT2D eigenvalue weighted by molar-refractivity contribution is -0.117. The van der Waals surface area contributed by atoms with Gasteiger partial charge in [0.1, 0.15) is 12.4 Å². The second-order valence-electron chi connectivity index (χ2n) is 5.34. The van der Waals surface area contributed by atoms with Gasteiger partial charge in [-0.3, -0.25) is 9.59 Å². The van der Waals surface area contributed by atoms with E-state index in [1.165, 1.54) is 19.1 Å². The minimum Gasteiger partial charge on any atom is -0.324 e. The molecule has 7 nitrogen and oxygen atoms in total. The van der Waals surface area contributed by atoms with Gasteiger partial charge in [-0.25, -0.2) is 4.39 Å². The van der Waals surface area contributed by atoms with Crippen LogP contribution in [0.2, 0.25) is 0 Å². The van der Waals surface area contributed by atoms with Crippen LogP contribution in [0.4, 0.5) is 10.1 Å². The Morgan fingerprint density at radius 3 is 2.60 bits per heavy atom. The molecule has 0 aliphatic rings. The number of nitrogens with zero attached hydrogens (tertiary/aromatic N) is 4. The number of hydrogen-bond donors (Lipinski definition) is 1. The van der Waals surface area contributed by atoms with Crippen molar-refractivity contribution in [3.63, 3.8) is 0 Å². The second kappa shape index (κ2) is 7.00. The first-order chi connectivity index (χ1) is 12.0. The summed E-state index contributed by atoms with van der Waals surface area (Å²) in [5.41, 5.74) is 1.60. The van der Waals surface area contributed by atoms with Gasteiger partial charge in [-0.05, 0) is 48.5 Å². The molecule has 0 fully saturated rings. The standard InChI is InChI=1S/C17H14FN5O2/c1-11(24)12-5-7-15(8-6-12)19-16(25)10-23-21-17(20-22-23)13-3-2-4-14(18)9-13/h2-9H,10H2,1H3,(H,19,25). The van der Waals surface area contributed by atoms with Crippen LogP contribution in [0.25, 0.3) is 11.4 Å². The summed E-state index contributed by atoms with van der Waals surface area (Å²) in [4.78, 5) is 24.4. The summed E-state index contributed by atoms with van der Waals surface area (Å²) in [6, 6.07) is 12.4. The molecule has 0 radical (unpaired) electrons. The van der Waals surface area contributed by atoms with E-state index >= 15 is 0 Å². The number of rotatable bonds is 5. The number of Topliss-reactive ketones (excluding diaryl/α,β-unsaturated/α-hetero) is 1. The summed E-state index contributed by atoms with van der Waals surface area (Å²) < 4.78 is 13.2. The number of amides is 1. The van der Waals surface area contributed by atoms with Gasteiger partial charge in [-0.15, -0.1) is 10.2 Å². The fraction of sp³-hybridized carbons (Fsp3) is 0.118. The van der Waals surface area contributed by atoms with Crippen LogP contribution in [0, 0.1) is 5.82 Å². The molecule has 0 unspecified atom stereocenters. The molecule has 1 heterocycles. The highest BCUT2D eigenvalue weighted by Crippen LogP contribution is 2.14. The molecular weight excluding hydrogens is 325 g/mol. The molecule has 0 aliphatic heterocycles. The molecule has 1 aromatic heterocycles. The van der Waals surface area contributed by atoms with Crippen molar-refractivity contribution < 1.29 is 14.0 Å². The first-order valence-electron chi connectivity index (χ1n) is 7.46. The smallest absolute Gasteiger partial charge is 0.248 e. The third-order valence-corrected chi connectivity index (χ3v) is 3.40. The van der Waals surface area contributed by atoms with Gasteiger partial charge in [0.15, 0.2) is 5.78 Å². The average molecular weight is 339 g/mol. The Bertz CT molecular complexity index is 921. The van der Waals surface area contributed by atoms with Crippen LogP contribution in [-0.4, -0.2) is 31.9 Å². The Labute approximate surface area is 142 Å². The van der Waals surface area contributed by atoms with Crippen molar-refractivity contribution in [3.8, 4) is 11.4 Å². The summed E-state index contributed by atoms with van der Waals surface area (Å²) in [5, 5.41) is 14.3. The monoisotopic (exact) mass is 339 g/mol. The minimum atomic E-state index is -0.402. The molecular formula is C17H14FN5O2. The third kappa shape index (κ3) is 4.11. The van der Waals surface area contributed by atoms with Crippen molar-refractivity contribution in [2.45, 2.75) is 13.5 Å². The highest BCUT2D eigenvalue weighted by molar-refractivity contribution is 5.95. The summed E-state index contributed by atoms with van der Waals surface area (Å²) in [7, 11) is 0. The maximum atomic E-state index is 13.2. The number of ketones is 1. The molecule has 126 valence electrons. The number of aromatic nitrogens is 4. The van der Waals surface area contributed by atoms with Crippen molar-refractivity contribution in [2.24, 2.45) is 0 Å². The van der Waals surface area contributed by atoms with Crippen LogP contribution in [-0.2, 0) is 11.3 Å². The number of benzene rings is 2. The number of anilines is 1. The Morgan fingerprint density at radius 1 is 1.16 bits per heavy atom. The van der Waals surface area contributed by atoms with Gasteiger partial charge >= 0.3 is 0 Å². The van der Waals surface area contributed by atoms with E-state index < -0.39 is 5.82 Å². The molecule has 3 rings (SSSR count). The second-order valence-corrected chi connectivity index (χ2v) is 5.34. The molecule has 0 aliphatic carbocycles. The van der Waals surface area contributed by atoms with Crippen molar-refractivity contribution in [3.05, 3.63) is 59.9 Å². The van der Waals surface area contributed by atoms with E-state index in [1.54, 1.807) is 36.4 Å². The molecule has 25 heavy (non-hydrogen) atoms. The molecule has 0 saturated carbocycles. The topological polar surface area (TPSA) is 89.8 Å². The van der Waals surface area contributed by atoms with Crippen LogP contribution in [0.1, 0.15) is 17.3 Å². The van der Waals surface area contributed by atoms with Crippen molar-refractivity contribution in [1.82, 2.24) is 20.2 Å². The third-order valence-electron chi connectivity index (χ3n) is 3.40. The normalized spacial score (nSPS) is 10.5. The largest absolute Gasteiger partial charge is 0.324 e. The van der Waals surface area contributed by atoms with Gasteiger partial charge in [0, 0.05) is 16.8 Å². The van der Waals surface area contributed by atoms with Crippen LogP contribution in [0.3, 0.4) is 0 Å². The molecule has 0 spiro atoms. The molecule has 8 heteroatoms. The number of tetrazole rings is 1. The number of nitrogens with one attached hydrogen (secondary N) is 1.